The Labute approximate surface area is 98.0 Å². The van der Waals surface area contributed by atoms with Crippen molar-refractivity contribution >= 4 is 15.7 Å². The molecule has 0 radical (unpaired) electrons. The number of nitro groups is 1. The number of benzene rings is 1. The van der Waals surface area contributed by atoms with Crippen LogP contribution in [0, 0.1) is 10.1 Å². The molecule has 0 aliphatic carbocycles. The van der Waals surface area contributed by atoms with Gasteiger partial charge >= 0.3 is 0 Å². The monoisotopic (exact) mass is 257 g/mol. The molecular weight excluding hydrogens is 246 g/mol. The summed E-state index contributed by atoms with van der Waals surface area (Å²) in [7, 11) is -3.83. The maximum Gasteiger partial charge on any atom is 0.289 e. The van der Waals surface area contributed by atoms with Crippen LogP contribution in [0.15, 0.2) is 29.2 Å². The topological polar surface area (TPSA) is 101 Å². The van der Waals surface area contributed by atoms with Crippen molar-refractivity contribution < 1.29 is 13.3 Å². The third-order valence-corrected chi connectivity index (χ3v) is 4.02. The van der Waals surface area contributed by atoms with Crippen molar-refractivity contribution in [2.75, 3.05) is 13.1 Å². The summed E-state index contributed by atoms with van der Waals surface area (Å²) >= 11 is 0. The molecule has 0 amide bonds. The molecule has 1 aliphatic rings. The van der Waals surface area contributed by atoms with Crippen LogP contribution in [0.1, 0.15) is 0 Å². The number of nitrogens with zero attached hydrogens (tertiary/aromatic N) is 1. The van der Waals surface area contributed by atoms with Crippen molar-refractivity contribution in [1.82, 2.24) is 10.0 Å². The Balaban J connectivity index is 2.34. The molecular formula is C9H11N3O4S. The molecule has 1 saturated heterocycles. The lowest BCUT2D eigenvalue weighted by molar-refractivity contribution is -0.387. The zero-order chi connectivity index (χ0) is 12.5. The average molecular weight is 257 g/mol. The molecule has 92 valence electrons. The molecule has 1 fully saturated rings. The average Bonchev–Trinajstić information content (AvgIpc) is 2.24. The Morgan fingerprint density at radius 1 is 1.35 bits per heavy atom. The highest BCUT2D eigenvalue weighted by Crippen LogP contribution is 2.22. The van der Waals surface area contributed by atoms with Gasteiger partial charge in [-0.3, -0.25) is 10.1 Å². The number of nitro benzene ring substituents is 1. The molecule has 17 heavy (non-hydrogen) atoms. The SMILES string of the molecule is O=[N+]([O-])c1ccccc1S(=O)(=O)NC1CNC1. The maximum absolute atomic E-state index is 11.9. The standard InChI is InChI=1S/C9H11N3O4S/c13-12(14)8-3-1-2-4-9(8)17(15,16)11-7-5-10-6-7/h1-4,7,10-11H,5-6H2. The summed E-state index contributed by atoms with van der Waals surface area (Å²) in [5.74, 6) is 0. The van der Waals surface area contributed by atoms with Crippen LogP contribution >= 0.6 is 0 Å². The summed E-state index contributed by atoms with van der Waals surface area (Å²) in [6, 6.07) is 5.10. The van der Waals surface area contributed by atoms with Gasteiger partial charge in [-0.25, -0.2) is 13.1 Å². The van der Waals surface area contributed by atoms with Crippen molar-refractivity contribution in [2.24, 2.45) is 0 Å². The lowest BCUT2D eigenvalue weighted by Crippen LogP contribution is -2.56. The number of sulfonamides is 1. The second-order valence-corrected chi connectivity index (χ2v) is 5.38. The first-order valence-corrected chi connectivity index (χ1v) is 6.45. The van der Waals surface area contributed by atoms with Gasteiger partial charge in [-0.1, -0.05) is 12.1 Å². The number of hydrogen-bond donors (Lipinski definition) is 2. The molecule has 0 saturated carbocycles. The fourth-order valence-corrected chi connectivity index (χ4v) is 2.90. The summed E-state index contributed by atoms with van der Waals surface area (Å²) in [6.45, 7) is 1.08. The van der Waals surface area contributed by atoms with Gasteiger partial charge in [0.15, 0.2) is 4.90 Å². The third-order valence-electron chi connectivity index (χ3n) is 2.45. The van der Waals surface area contributed by atoms with Crippen LogP contribution in [0.25, 0.3) is 0 Å². The van der Waals surface area contributed by atoms with E-state index >= 15 is 0 Å². The zero-order valence-electron chi connectivity index (χ0n) is 8.79. The number of rotatable bonds is 4. The predicted octanol–water partition coefficient (Wildman–Crippen LogP) is -0.155. The Bertz CT molecular complexity index is 539. The van der Waals surface area contributed by atoms with E-state index in [-0.39, 0.29) is 10.9 Å². The summed E-state index contributed by atoms with van der Waals surface area (Å²) in [4.78, 5) is 9.74. The smallest absolute Gasteiger partial charge is 0.289 e. The van der Waals surface area contributed by atoms with E-state index in [2.05, 4.69) is 10.0 Å². The number of para-hydroxylation sites is 1. The van der Waals surface area contributed by atoms with E-state index in [0.29, 0.717) is 13.1 Å². The van der Waals surface area contributed by atoms with Gasteiger partial charge in [0.2, 0.25) is 10.0 Å². The second-order valence-electron chi connectivity index (χ2n) is 3.70. The highest BCUT2D eigenvalue weighted by molar-refractivity contribution is 7.89. The van der Waals surface area contributed by atoms with Crippen LogP contribution in [-0.2, 0) is 10.0 Å². The molecule has 0 bridgehead atoms. The van der Waals surface area contributed by atoms with Gasteiger partial charge in [0.05, 0.1) is 4.92 Å². The first-order chi connectivity index (χ1) is 8.00. The lowest BCUT2D eigenvalue weighted by atomic mass is 10.2. The normalized spacial score (nSPS) is 16.5. The Hall–Kier alpha value is -1.51. The largest absolute Gasteiger partial charge is 0.313 e. The van der Waals surface area contributed by atoms with Gasteiger partial charge in [0.1, 0.15) is 0 Å². The highest BCUT2D eigenvalue weighted by atomic mass is 32.2. The quantitative estimate of drug-likeness (QED) is 0.576. The third kappa shape index (κ3) is 2.43. The minimum absolute atomic E-state index is 0.195. The van der Waals surface area contributed by atoms with Crippen LogP contribution in [0.5, 0.6) is 0 Å². The van der Waals surface area contributed by atoms with Gasteiger partial charge in [-0.15, -0.1) is 0 Å². The summed E-state index contributed by atoms with van der Waals surface area (Å²) < 4.78 is 26.2. The highest BCUT2D eigenvalue weighted by Gasteiger charge is 2.29. The molecule has 2 N–H and O–H groups in total. The zero-order valence-corrected chi connectivity index (χ0v) is 9.61. The van der Waals surface area contributed by atoms with Crippen molar-refractivity contribution in [1.29, 1.82) is 0 Å². The van der Waals surface area contributed by atoms with Crippen LogP contribution in [0.2, 0.25) is 0 Å². The summed E-state index contributed by atoms with van der Waals surface area (Å²) in [5, 5.41) is 13.7. The van der Waals surface area contributed by atoms with E-state index in [0.717, 1.165) is 0 Å². The first-order valence-electron chi connectivity index (χ1n) is 4.97. The molecule has 1 aromatic carbocycles. The van der Waals surface area contributed by atoms with Crippen molar-refractivity contribution in [3.05, 3.63) is 34.4 Å². The van der Waals surface area contributed by atoms with E-state index in [1.165, 1.54) is 24.3 Å². The van der Waals surface area contributed by atoms with E-state index in [1.807, 2.05) is 0 Å². The first kappa shape index (κ1) is 12.0. The van der Waals surface area contributed by atoms with Gasteiger partial charge in [-0.05, 0) is 6.07 Å². The molecule has 0 atom stereocenters. The fourth-order valence-electron chi connectivity index (χ4n) is 1.49. The van der Waals surface area contributed by atoms with Gasteiger partial charge in [0, 0.05) is 25.2 Å². The lowest BCUT2D eigenvalue weighted by Gasteiger charge is -2.27. The molecule has 1 heterocycles. The fraction of sp³-hybridized carbons (Fsp3) is 0.333. The summed E-state index contributed by atoms with van der Waals surface area (Å²) in [6.07, 6.45) is 0. The van der Waals surface area contributed by atoms with E-state index in [4.69, 9.17) is 0 Å². The molecule has 8 heteroatoms. The second kappa shape index (κ2) is 4.40. The maximum atomic E-state index is 11.9. The number of hydrogen-bond acceptors (Lipinski definition) is 5. The molecule has 1 aliphatic heterocycles. The van der Waals surface area contributed by atoms with Crippen LogP contribution in [-0.4, -0.2) is 32.5 Å². The van der Waals surface area contributed by atoms with Gasteiger partial charge in [0.25, 0.3) is 5.69 Å². The van der Waals surface area contributed by atoms with Crippen LogP contribution in [0.4, 0.5) is 5.69 Å². The van der Waals surface area contributed by atoms with Crippen molar-refractivity contribution in [3.63, 3.8) is 0 Å². The Morgan fingerprint density at radius 3 is 2.53 bits per heavy atom. The Kier molecular flexibility index (Phi) is 3.09. The van der Waals surface area contributed by atoms with E-state index in [1.54, 1.807) is 0 Å². The predicted molar refractivity (Wildman–Crippen MR) is 60.1 cm³/mol. The van der Waals surface area contributed by atoms with Gasteiger partial charge in [-0.2, -0.15) is 0 Å². The van der Waals surface area contributed by atoms with E-state index in [9.17, 15) is 18.5 Å². The molecule has 1 aromatic rings. The van der Waals surface area contributed by atoms with Crippen molar-refractivity contribution in [3.8, 4) is 0 Å². The molecule has 0 unspecified atom stereocenters. The molecule has 0 aromatic heterocycles. The minimum Gasteiger partial charge on any atom is -0.313 e. The summed E-state index contributed by atoms with van der Waals surface area (Å²) in [5.41, 5.74) is -0.410. The molecule has 7 nitrogen and oxygen atoms in total. The van der Waals surface area contributed by atoms with Crippen molar-refractivity contribution in [2.45, 2.75) is 10.9 Å². The van der Waals surface area contributed by atoms with Crippen LogP contribution < -0.4 is 10.0 Å². The molecule has 2 rings (SSSR count). The Morgan fingerprint density at radius 2 is 2.00 bits per heavy atom. The minimum atomic E-state index is -3.83. The number of nitrogens with one attached hydrogen (secondary N) is 2. The molecule has 0 spiro atoms. The van der Waals surface area contributed by atoms with Crippen LogP contribution in [0.3, 0.4) is 0 Å². The van der Waals surface area contributed by atoms with E-state index < -0.39 is 20.6 Å². The van der Waals surface area contributed by atoms with Gasteiger partial charge < -0.3 is 5.32 Å².